The molecule has 0 amide bonds. The number of thiophene rings is 1. The molecule has 18 heavy (non-hydrogen) atoms. The summed E-state index contributed by atoms with van der Waals surface area (Å²) < 4.78 is 28.5. The zero-order valence-electron chi connectivity index (χ0n) is 9.11. The number of hydrogen-bond acceptors (Lipinski definition) is 1. The van der Waals surface area contributed by atoms with E-state index in [4.69, 9.17) is 0 Å². The van der Waals surface area contributed by atoms with Gasteiger partial charge in [0.05, 0.1) is 13.1 Å². The van der Waals surface area contributed by atoms with Gasteiger partial charge in [-0.15, -0.1) is 11.3 Å². The maximum absolute atomic E-state index is 13.8. The molecule has 0 saturated heterocycles. The third-order valence-electron chi connectivity index (χ3n) is 2.44. The van der Waals surface area contributed by atoms with Crippen molar-refractivity contribution >= 4 is 59.1 Å². The first kappa shape index (κ1) is 14.6. The van der Waals surface area contributed by atoms with Crippen molar-refractivity contribution < 1.29 is 8.78 Å². The van der Waals surface area contributed by atoms with E-state index >= 15 is 0 Å². The Hall–Kier alpha value is 0.220. The predicted molar refractivity (Wildman–Crippen MR) is 81.6 cm³/mol. The average Bonchev–Trinajstić information content (AvgIpc) is 2.63. The van der Waals surface area contributed by atoms with Gasteiger partial charge in [-0.1, -0.05) is 15.9 Å². The van der Waals surface area contributed by atoms with Gasteiger partial charge >= 0.3 is 0 Å². The molecule has 96 valence electrons. The molecule has 1 aromatic carbocycles. The Morgan fingerprint density at radius 3 is 2.33 bits per heavy atom. The van der Waals surface area contributed by atoms with E-state index in [9.17, 15) is 8.78 Å². The maximum atomic E-state index is 13.8. The zero-order chi connectivity index (χ0) is 13.4. The van der Waals surface area contributed by atoms with E-state index in [2.05, 4.69) is 47.8 Å². The molecule has 0 aliphatic rings. The van der Waals surface area contributed by atoms with Crippen molar-refractivity contribution in [2.45, 2.75) is 11.8 Å². The highest BCUT2D eigenvalue weighted by atomic mass is 79.9. The Morgan fingerprint density at radius 1 is 1.11 bits per heavy atom. The van der Waals surface area contributed by atoms with Crippen LogP contribution < -0.4 is 0 Å². The molecule has 0 bridgehead atoms. The molecule has 0 radical (unpaired) electrons. The molecule has 6 heteroatoms. The Morgan fingerprint density at radius 2 is 1.78 bits per heavy atom. The number of hydrogen-bond donors (Lipinski definition) is 0. The lowest BCUT2D eigenvalue weighted by molar-refractivity contribution is 0.583. The summed E-state index contributed by atoms with van der Waals surface area (Å²) in [5.74, 6) is -0.907. The zero-order valence-corrected chi connectivity index (χ0v) is 14.7. The second-order valence-corrected chi connectivity index (χ2v) is 7.93. The summed E-state index contributed by atoms with van der Waals surface area (Å²) in [7, 11) is 0. The van der Waals surface area contributed by atoms with Gasteiger partial charge in [0.25, 0.3) is 0 Å². The van der Waals surface area contributed by atoms with Gasteiger partial charge in [0.15, 0.2) is 0 Å². The van der Waals surface area contributed by atoms with Crippen LogP contribution in [0.4, 0.5) is 8.78 Å². The number of benzene rings is 1. The minimum Gasteiger partial charge on any atom is -0.207 e. The van der Waals surface area contributed by atoms with Crippen LogP contribution in [0.2, 0.25) is 0 Å². The van der Waals surface area contributed by atoms with Crippen molar-refractivity contribution in [2.75, 3.05) is 0 Å². The van der Waals surface area contributed by atoms with Gasteiger partial charge < -0.3 is 0 Å². The standard InChI is InChI=1S/C12H7Br3F2S/c1-5-2-10(18-12(5)15)11(14)6-3-9(17)7(13)4-8(6)16/h2-4,11H,1H3. The Labute approximate surface area is 133 Å². The number of halogens is 5. The van der Waals surface area contributed by atoms with Crippen molar-refractivity contribution in [3.05, 3.63) is 54.1 Å². The second kappa shape index (κ2) is 5.69. The summed E-state index contributed by atoms with van der Waals surface area (Å²) in [5, 5.41) is 0. The van der Waals surface area contributed by atoms with Crippen molar-refractivity contribution in [2.24, 2.45) is 0 Å². The molecule has 2 aromatic rings. The van der Waals surface area contributed by atoms with Crippen LogP contribution in [0.25, 0.3) is 0 Å². The number of aryl methyl sites for hydroxylation is 1. The van der Waals surface area contributed by atoms with E-state index in [0.29, 0.717) is 5.56 Å². The lowest BCUT2D eigenvalue weighted by Gasteiger charge is -2.10. The van der Waals surface area contributed by atoms with Crippen LogP contribution >= 0.6 is 59.1 Å². The number of rotatable bonds is 2. The molecule has 0 aliphatic heterocycles. The van der Waals surface area contributed by atoms with Crippen molar-refractivity contribution in [1.29, 1.82) is 0 Å². The molecule has 0 spiro atoms. The molecular weight excluding hydrogens is 454 g/mol. The van der Waals surface area contributed by atoms with E-state index in [1.54, 1.807) is 0 Å². The first-order chi connectivity index (χ1) is 8.40. The van der Waals surface area contributed by atoms with Gasteiger partial charge in [-0.25, -0.2) is 8.78 Å². The van der Waals surface area contributed by atoms with E-state index in [1.807, 2.05) is 13.0 Å². The fourth-order valence-electron chi connectivity index (χ4n) is 1.49. The average molecular weight is 461 g/mol. The normalized spacial score (nSPS) is 12.8. The van der Waals surface area contributed by atoms with Gasteiger partial charge in [-0.3, -0.25) is 0 Å². The first-order valence-corrected chi connectivity index (χ1v) is 8.26. The van der Waals surface area contributed by atoms with Crippen LogP contribution in [-0.4, -0.2) is 0 Å². The molecule has 0 N–H and O–H groups in total. The first-order valence-electron chi connectivity index (χ1n) is 4.94. The molecule has 2 rings (SSSR count). The largest absolute Gasteiger partial charge is 0.207 e. The minimum atomic E-state index is -0.469. The molecule has 1 heterocycles. The van der Waals surface area contributed by atoms with Gasteiger partial charge in [0.1, 0.15) is 11.6 Å². The summed E-state index contributed by atoms with van der Waals surface area (Å²) in [5.41, 5.74) is 1.38. The van der Waals surface area contributed by atoms with Crippen molar-refractivity contribution in [3.63, 3.8) is 0 Å². The Balaban J connectivity index is 2.45. The quantitative estimate of drug-likeness (QED) is 0.362. The molecule has 1 atom stereocenters. The van der Waals surface area contributed by atoms with Crippen LogP contribution in [0.1, 0.15) is 20.8 Å². The summed E-state index contributed by atoms with van der Waals surface area (Å²) >= 11 is 11.3. The highest BCUT2D eigenvalue weighted by Gasteiger charge is 2.19. The third-order valence-corrected chi connectivity index (χ3v) is 6.54. The van der Waals surface area contributed by atoms with Gasteiger partial charge in [-0.2, -0.15) is 0 Å². The summed E-state index contributed by atoms with van der Waals surface area (Å²) in [6.45, 7) is 1.96. The molecule has 0 nitrogen and oxygen atoms in total. The van der Waals surface area contributed by atoms with E-state index in [-0.39, 0.29) is 9.30 Å². The lowest BCUT2D eigenvalue weighted by atomic mass is 10.1. The third kappa shape index (κ3) is 2.86. The molecular formula is C12H7Br3F2S. The van der Waals surface area contributed by atoms with Crippen molar-refractivity contribution in [1.82, 2.24) is 0 Å². The molecule has 0 aliphatic carbocycles. The summed E-state index contributed by atoms with van der Waals surface area (Å²) in [6.07, 6.45) is 0. The fourth-order valence-corrected chi connectivity index (χ4v) is 4.14. The van der Waals surface area contributed by atoms with Gasteiger partial charge in [0, 0.05) is 10.4 Å². The lowest BCUT2D eigenvalue weighted by Crippen LogP contribution is -1.96. The highest BCUT2D eigenvalue weighted by molar-refractivity contribution is 9.11. The smallest absolute Gasteiger partial charge is 0.137 e. The van der Waals surface area contributed by atoms with E-state index in [1.165, 1.54) is 17.4 Å². The van der Waals surface area contributed by atoms with Crippen LogP contribution in [-0.2, 0) is 0 Å². The molecule has 0 fully saturated rings. The summed E-state index contributed by atoms with van der Waals surface area (Å²) in [6, 6.07) is 4.31. The Kier molecular flexibility index (Phi) is 4.62. The molecule has 1 unspecified atom stereocenters. The summed E-state index contributed by atoms with van der Waals surface area (Å²) in [4.78, 5) is 0.579. The van der Waals surface area contributed by atoms with Crippen LogP contribution in [0.5, 0.6) is 0 Å². The monoisotopic (exact) mass is 458 g/mol. The van der Waals surface area contributed by atoms with Crippen LogP contribution in [0, 0.1) is 18.6 Å². The predicted octanol–water partition coefficient (Wildman–Crippen LogP) is 6.34. The van der Waals surface area contributed by atoms with Crippen LogP contribution in [0.15, 0.2) is 26.5 Å². The van der Waals surface area contributed by atoms with Gasteiger partial charge in [-0.05, 0) is 62.5 Å². The van der Waals surface area contributed by atoms with Crippen molar-refractivity contribution in [3.8, 4) is 0 Å². The van der Waals surface area contributed by atoms with E-state index in [0.717, 1.165) is 20.3 Å². The highest BCUT2D eigenvalue weighted by Crippen LogP contribution is 2.40. The minimum absolute atomic E-state index is 0.131. The van der Waals surface area contributed by atoms with Crippen LogP contribution in [0.3, 0.4) is 0 Å². The van der Waals surface area contributed by atoms with E-state index < -0.39 is 11.6 Å². The number of alkyl halides is 1. The maximum Gasteiger partial charge on any atom is 0.137 e. The topological polar surface area (TPSA) is 0 Å². The molecule has 1 aromatic heterocycles. The Bertz CT molecular complexity index is 576. The van der Waals surface area contributed by atoms with Gasteiger partial charge in [0.2, 0.25) is 0 Å². The molecule has 0 saturated carbocycles. The second-order valence-electron chi connectivity index (χ2n) is 3.76. The fraction of sp³-hybridized carbons (Fsp3) is 0.167. The SMILES string of the molecule is Cc1cc(C(Br)c2cc(F)c(Br)cc2F)sc1Br.